The molecule has 0 atom stereocenters. The molecule has 1 aromatic rings. The van der Waals surface area contributed by atoms with E-state index in [-0.39, 0.29) is 16.2 Å². The van der Waals surface area contributed by atoms with Gasteiger partial charge in [-0.2, -0.15) is 0 Å². The molecule has 0 saturated carbocycles. The summed E-state index contributed by atoms with van der Waals surface area (Å²) in [5, 5.41) is 0. The SMILES string of the molecule is Cl.Nc1ccc(S(=O)(=O)CI)cc1. The first kappa shape index (κ1) is 13.0. The predicted octanol–water partition coefficient (Wildman–Crippen LogP) is 1.86. The van der Waals surface area contributed by atoms with Crippen LogP contribution in [0.4, 0.5) is 5.69 Å². The van der Waals surface area contributed by atoms with E-state index in [1.165, 1.54) is 12.1 Å². The number of rotatable bonds is 2. The Hall–Kier alpha value is -0.0100. The maximum Gasteiger partial charge on any atom is 0.187 e. The van der Waals surface area contributed by atoms with Gasteiger partial charge in [0, 0.05) is 5.69 Å². The quantitative estimate of drug-likeness (QED) is 0.510. The van der Waals surface area contributed by atoms with Crippen LogP contribution in [0.3, 0.4) is 0 Å². The van der Waals surface area contributed by atoms with E-state index in [0.29, 0.717) is 10.6 Å². The molecule has 1 rings (SSSR count). The molecule has 74 valence electrons. The van der Waals surface area contributed by atoms with Crippen LogP contribution in [0.25, 0.3) is 0 Å². The van der Waals surface area contributed by atoms with Crippen LogP contribution in [0.1, 0.15) is 0 Å². The van der Waals surface area contributed by atoms with E-state index in [4.69, 9.17) is 5.73 Å². The molecule has 6 heteroatoms. The van der Waals surface area contributed by atoms with Gasteiger partial charge in [0.15, 0.2) is 9.84 Å². The van der Waals surface area contributed by atoms with Gasteiger partial charge < -0.3 is 5.73 Å². The Balaban J connectivity index is 0.00000144. The van der Waals surface area contributed by atoms with Crippen molar-refractivity contribution in [3.8, 4) is 0 Å². The first-order valence-electron chi connectivity index (χ1n) is 3.20. The van der Waals surface area contributed by atoms with Crippen LogP contribution in [-0.2, 0) is 9.84 Å². The van der Waals surface area contributed by atoms with Crippen molar-refractivity contribution < 1.29 is 8.42 Å². The van der Waals surface area contributed by atoms with Gasteiger partial charge in [0.2, 0.25) is 0 Å². The number of nitrogen functional groups attached to an aromatic ring is 1. The van der Waals surface area contributed by atoms with Crippen LogP contribution < -0.4 is 5.73 Å². The molecular weight excluding hydrogens is 325 g/mol. The predicted molar refractivity (Wildman–Crippen MR) is 64.2 cm³/mol. The highest BCUT2D eigenvalue weighted by molar-refractivity contribution is 14.1. The minimum atomic E-state index is -3.08. The van der Waals surface area contributed by atoms with Gasteiger partial charge in [0.25, 0.3) is 0 Å². The summed E-state index contributed by atoms with van der Waals surface area (Å²) in [5.41, 5.74) is 5.99. The molecule has 0 aliphatic carbocycles. The van der Waals surface area contributed by atoms with E-state index >= 15 is 0 Å². The van der Waals surface area contributed by atoms with Gasteiger partial charge in [0.05, 0.1) is 4.90 Å². The molecule has 0 aliphatic heterocycles. The summed E-state index contributed by atoms with van der Waals surface area (Å²) in [6.45, 7) is 0. The smallest absolute Gasteiger partial charge is 0.187 e. The Kier molecular flexibility index (Phi) is 5.01. The summed E-state index contributed by atoms with van der Waals surface area (Å²) in [4.78, 5) is 0.325. The molecule has 1 aromatic carbocycles. The summed E-state index contributed by atoms with van der Waals surface area (Å²) in [5.74, 6) is 0. The highest BCUT2D eigenvalue weighted by Gasteiger charge is 2.10. The summed E-state index contributed by atoms with van der Waals surface area (Å²) < 4.78 is 22.6. The van der Waals surface area contributed by atoms with Crippen molar-refractivity contribution in [3.05, 3.63) is 24.3 Å². The molecule has 3 nitrogen and oxygen atoms in total. The van der Waals surface area contributed by atoms with Crippen LogP contribution >= 0.6 is 35.0 Å². The summed E-state index contributed by atoms with van der Waals surface area (Å²) in [6, 6.07) is 6.20. The normalized spacial score (nSPS) is 10.5. The number of hydrogen-bond acceptors (Lipinski definition) is 3. The van der Waals surface area contributed by atoms with Crippen molar-refractivity contribution in [3.63, 3.8) is 0 Å². The van der Waals surface area contributed by atoms with Crippen molar-refractivity contribution in [1.29, 1.82) is 0 Å². The van der Waals surface area contributed by atoms with Crippen LogP contribution in [-0.4, -0.2) is 12.2 Å². The number of sulfone groups is 1. The number of halogens is 2. The molecule has 0 aromatic heterocycles. The zero-order valence-corrected chi connectivity index (χ0v) is 10.4. The molecule has 0 spiro atoms. The Bertz CT molecular complexity index is 363. The number of anilines is 1. The van der Waals surface area contributed by atoms with E-state index in [1.807, 2.05) is 22.6 Å². The van der Waals surface area contributed by atoms with Crippen LogP contribution in [0, 0.1) is 0 Å². The van der Waals surface area contributed by atoms with E-state index in [2.05, 4.69) is 0 Å². The summed E-state index contributed by atoms with van der Waals surface area (Å²) in [7, 11) is -3.08. The second-order valence-corrected chi connectivity index (χ2v) is 6.08. The lowest BCUT2D eigenvalue weighted by Crippen LogP contribution is -2.01. The molecule has 0 bridgehead atoms. The fraction of sp³-hybridized carbons (Fsp3) is 0.143. The maximum atomic E-state index is 11.3. The van der Waals surface area contributed by atoms with Gasteiger partial charge in [-0.1, -0.05) is 22.6 Å². The van der Waals surface area contributed by atoms with Gasteiger partial charge in [-0.05, 0) is 24.3 Å². The van der Waals surface area contributed by atoms with Gasteiger partial charge in [-0.25, -0.2) is 8.42 Å². The van der Waals surface area contributed by atoms with Crippen LogP contribution in [0.5, 0.6) is 0 Å². The lowest BCUT2D eigenvalue weighted by Gasteiger charge is -1.99. The molecule has 2 N–H and O–H groups in total. The van der Waals surface area contributed by atoms with E-state index < -0.39 is 9.84 Å². The third-order valence-electron chi connectivity index (χ3n) is 1.38. The number of nitrogens with two attached hydrogens (primary N) is 1. The first-order chi connectivity index (χ1) is 5.56. The molecule has 0 radical (unpaired) electrons. The standard InChI is InChI=1S/C7H8INO2S.ClH/c8-5-12(10,11)7-3-1-6(9)2-4-7;/h1-4H,5,9H2;1H. The molecule has 13 heavy (non-hydrogen) atoms. The van der Waals surface area contributed by atoms with Crippen LogP contribution in [0.15, 0.2) is 29.2 Å². The third-order valence-corrected chi connectivity index (χ3v) is 5.12. The number of hydrogen-bond donors (Lipinski definition) is 1. The Morgan fingerprint density at radius 2 is 1.69 bits per heavy atom. The van der Waals surface area contributed by atoms with Gasteiger partial charge in [-0.3, -0.25) is 0 Å². The molecule has 0 unspecified atom stereocenters. The lowest BCUT2D eigenvalue weighted by atomic mass is 10.3. The van der Waals surface area contributed by atoms with E-state index in [0.717, 1.165) is 0 Å². The summed E-state index contributed by atoms with van der Waals surface area (Å²) in [6.07, 6.45) is 0. The van der Waals surface area contributed by atoms with Crippen molar-refractivity contribution in [1.82, 2.24) is 0 Å². The molecule has 0 heterocycles. The van der Waals surface area contributed by atoms with Crippen molar-refractivity contribution in [2.45, 2.75) is 4.90 Å². The number of benzene rings is 1. The zero-order chi connectivity index (χ0) is 9.19. The molecule has 0 aliphatic rings. The Morgan fingerprint density at radius 3 is 2.08 bits per heavy atom. The van der Waals surface area contributed by atoms with Crippen molar-refractivity contribution in [2.75, 3.05) is 9.49 Å². The minimum absolute atomic E-state index is 0. The second kappa shape index (κ2) is 5.02. The maximum absolute atomic E-state index is 11.3. The monoisotopic (exact) mass is 333 g/mol. The summed E-state index contributed by atoms with van der Waals surface area (Å²) >= 11 is 1.82. The zero-order valence-electron chi connectivity index (χ0n) is 6.60. The van der Waals surface area contributed by atoms with E-state index in [1.54, 1.807) is 12.1 Å². The fourth-order valence-electron chi connectivity index (χ4n) is 0.738. The Labute approximate surface area is 97.2 Å². The lowest BCUT2D eigenvalue weighted by molar-refractivity contribution is 0.601. The molecule has 0 amide bonds. The van der Waals surface area contributed by atoms with Crippen LogP contribution in [0.2, 0.25) is 0 Å². The van der Waals surface area contributed by atoms with Crippen molar-refractivity contribution >= 4 is 50.5 Å². The highest BCUT2D eigenvalue weighted by atomic mass is 127. The second-order valence-electron chi connectivity index (χ2n) is 2.29. The van der Waals surface area contributed by atoms with Crippen molar-refractivity contribution in [2.24, 2.45) is 0 Å². The molecule has 0 fully saturated rings. The average Bonchev–Trinajstić information content (AvgIpc) is 2.05. The topological polar surface area (TPSA) is 60.2 Å². The third kappa shape index (κ3) is 3.32. The molecular formula is C7H9ClINO2S. The van der Waals surface area contributed by atoms with Gasteiger partial charge >= 0.3 is 0 Å². The fourth-order valence-corrected chi connectivity index (χ4v) is 2.49. The van der Waals surface area contributed by atoms with Gasteiger partial charge in [-0.15, -0.1) is 12.4 Å². The van der Waals surface area contributed by atoms with Gasteiger partial charge in [0.1, 0.15) is 3.76 Å². The minimum Gasteiger partial charge on any atom is -0.399 e. The van der Waals surface area contributed by atoms with E-state index in [9.17, 15) is 8.42 Å². The molecule has 0 saturated heterocycles. The highest BCUT2D eigenvalue weighted by Crippen LogP contribution is 2.14. The average molecular weight is 334 g/mol. The Morgan fingerprint density at radius 1 is 1.23 bits per heavy atom. The number of alkyl halides is 1. The largest absolute Gasteiger partial charge is 0.399 e. The first-order valence-corrected chi connectivity index (χ1v) is 6.38.